The van der Waals surface area contributed by atoms with E-state index >= 15 is 0 Å². The molecule has 268 valence electrons. The molecule has 0 bridgehead atoms. The molecule has 0 aliphatic rings. The average Bonchev–Trinajstić information content (AvgIpc) is 3.03. The number of unbranched alkanes of at least 4 members (excludes halogenated alkanes) is 17. The fraction of sp³-hybridized carbons (Fsp3) is 0.800. The molecule has 0 aromatic rings. The molecule has 0 saturated carbocycles. The van der Waals surface area contributed by atoms with Crippen molar-refractivity contribution in [3.8, 4) is 0 Å². The Labute approximate surface area is 283 Å². The molecule has 2 atom stereocenters. The van der Waals surface area contributed by atoms with Crippen LogP contribution in [0, 0.1) is 5.92 Å². The molecule has 0 aliphatic heterocycles. The predicted octanol–water partition coefficient (Wildman–Crippen LogP) is 10.5. The predicted molar refractivity (Wildman–Crippen MR) is 193 cm³/mol. The SMILES string of the molecule is CC/C=C/CC(O)/C=C/C=C/CCCCCCCC(=O)OC[C@H](O)COC(=O)CCCCCCCCCCCCCCCC(C)C. The van der Waals surface area contributed by atoms with Gasteiger partial charge in [-0.15, -0.1) is 0 Å². The van der Waals surface area contributed by atoms with Crippen LogP contribution in [0.2, 0.25) is 0 Å². The van der Waals surface area contributed by atoms with E-state index in [1.54, 1.807) is 0 Å². The smallest absolute Gasteiger partial charge is 0.305 e. The van der Waals surface area contributed by atoms with Gasteiger partial charge >= 0.3 is 11.9 Å². The number of aliphatic hydroxyl groups excluding tert-OH is 2. The van der Waals surface area contributed by atoms with Crippen LogP contribution >= 0.6 is 0 Å². The van der Waals surface area contributed by atoms with Crippen molar-refractivity contribution in [1.82, 2.24) is 0 Å². The highest BCUT2D eigenvalue weighted by Gasteiger charge is 2.12. The Morgan fingerprint density at radius 3 is 1.52 bits per heavy atom. The van der Waals surface area contributed by atoms with E-state index in [2.05, 4.69) is 32.9 Å². The molecule has 0 aromatic heterocycles. The van der Waals surface area contributed by atoms with Crippen LogP contribution < -0.4 is 0 Å². The van der Waals surface area contributed by atoms with Crippen LogP contribution in [0.5, 0.6) is 0 Å². The van der Waals surface area contributed by atoms with Crippen LogP contribution in [0.1, 0.15) is 175 Å². The maximum Gasteiger partial charge on any atom is 0.305 e. The molecule has 6 heteroatoms. The lowest BCUT2D eigenvalue weighted by atomic mass is 10.0. The van der Waals surface area contributed by atoms with Gasteiger partial charge in [0.1, 0.15) is 19.3 Å². The molecule has 2 N–H and O–H groups in total. The first-order valence-corrected chi connectivity index (χ1v) is 19.0. The molecule has 0 rings (SSSR count). The molecule has 6 nitrogen and oxygen atoms in total. The van der Waals surface area contributed by atoms with Crippen molar-refractivity contribution in [2.75, 3.05) is 13.2 Å². The van der Waals surface area contributed by atoms with E-state index < -0.39 is 12.2 Å². The molecule has 1 unspecified atom stereocenters. The summed E-state index contributed by atoms with van der Waals surface area (Å²) in [6.07, 6.45) is 36.7. The van der Waals surface area contributed by atoms with Crippen LogP contribution in [-0.4, -0.2) is 47.6 Å². The van der Waals surface area contributed by atoms with Gasteiger partial charge in [0.25, 0.3) is 0 Å². The van der Waals surface area contributed by atoms with Crippen molar-refractivity contribution in [2.24, 2.45) is 5.92 Å². The summed E-state index contributed by atoms with van der Waals surface area (Å²) in [4.78, 5) is 23.9. The van der Waals surface area contributed by atoms with Gasteiger partial charge in [-0.05, 0) is 44.4 Å². The number of carbonyl (C=O) groups is 2. The van der Waals surface area contributed by atoms with Gasteiger partial charge in [-0.3, -0.25) is 9.59 Å². The minimum Gasteiger partial charge on any atom is -0.463 e. The van der Waals surface area contributed by atoms with E-state index in [1.807, 2.05) is 24.3 Å². The van der Waals surface area contributed by atoms with Crippen LogP contribution in [-0.2, 0) is 19.1 Å². The summed E-state index contributed by atoms with van der Waals surface area (Å²) in [5.41, 5.74) is 0. The van der Waals surface area contributed by atoms with Crippen LogP contribution in [0.4, 0.5) is 0 Å². The third-order valence-corrected chi connectivity index (χ3v) is 8.15. The molecule has 0 radical (unpaired) electrons. The first kappa shape index (κ1) is 44.1. The maximum atomic E-state index is 12.0. The van der Waals surface area contributed by atoms with Crippen molar-refractivity contribution in [2.45, 2.75) is 187 Å². The Morgan fingerprint density at radius 2 is 1.04 bits per heavy atom. The number of hydrogen-bond donors (Lipinski definition) is 2. The monoisotopic (exact) mass is 649 g/mol. The van der Waals surface area contributed by atoms with Gasteiger partial charge in [-0.2, -0.15) is 0 Å². The number of hydrogen-bond acceptors (Lipinski definition) is 6. The highest BCUT2D eigenvalue weighted by atomic mass is 16.6. The van der Waals surface area contributed by atoms with Gasteiger partial charge in [-0.1, -0.05) is 160 Å². The van der Waals surface area contributed by atoms with Crippen LogP contribution in [0.15, 0.2) is 36.5 Å². The first-order valence-electron chi connectivity index (χ1n) is 19.0. The molecule has 0 aliphatic carbocycles. The van der Waals surface area contributed by atoms with Gasteiger partial charge in [0.15, 0.2) is 0 Å². The Morgan fingerprint density at radius 1 is 0.587 bits per heavy atom. The lowest BCUT2D eigenvalue weighted by Gasteiger charge is -2.12. The summed E-state index contributed by atoms with van der Waals surface area (Å²) >= 11 is 0. The topological polar surface area (TPSA) is 93.1 Å². The molecule has 0 fully saturated rings. The number of carbonyl (C=O) groups excluding carboxylic acids is 2. The van der Waals surface area contributed by atoms with Gasteiger partial charge < -0.3 is 19.7 Å². The van der Waals surface area contributed by atoms with Crippen LogP contribution in [0.25, 0.3) is 0 Å². The molecular formula is C40H72O6. The Bertz CT molecular complexity index is 772. The zero-order chi connectivity index (χ0) is 33.9. The lowest BCUT2D eigenvalue weighted by molar-refractivity contribution is -0.152. The van der Waals surface area contributed by atoms with Crippen molar-refractivity contribution in [1.29, 1.82) is 0 Å². The summed E-state index contributed by atoms with van der Waals surface area (Å²) in [6.45, 7) is 6.42. The number of rotatable bonds is 33. The zero-order valence-corrected chi connectivity index (χ0v) is 30.1. The molecule has 0 aromatic carbocycles. The minimum atomic E-state index is -0.984. The van der Waals surface area contributed by atoms with Crippen molar-refractivity contribution >= 4 is 11.9 Å². The maximum absolute atomic E-state index is 12.0. The number of allylic oxidation sites excluding steroid dienone is 4. The lowest BCUT2D eigenvalue weighted by Crippen LogP contribution is -2.25. The first-order chi connectivity index (χ1) is 22.3. The van der Waals surface area contributed by atoms with Crippen molar-refractivity contribution < 1.29 is 29.3 Å². The van der Waals surface area contributed by atoms with Crippen molar-refractivity contribution in [3.63, 3.8) is 0 Å². The van der Waals surface area contributed by atoms with E-state index in [0.29, 0.717) is 19.3 Å². The zero-order valence-electron chi connectivity index (χ0n) is 30.1. The van der Waals surface area contributed by atoms with E-state index in [0.717, 1.165) is 70.1 Å². The van der Waals surface area contributed by atoms with E-state index in [9.17, 15) is 19.8 Å². The standard InChI is InChI=1S/C40H72O6/c1-4-5-24-30-37(41)31-26-21-17-13-11-15-19-23-28-33-40(44)46-35-38(42)34-45-39(43)32-27-22-18-14-10-8-6-7-9-12-16-20-25-29-36(2)3/h5,17,21,24,26,31,36-38,41-42H,4,6-16,18-20,22-23,25,27-30,32-35H2,1-3H3/b21-17+,24-5+,31-26+/t37?,38-/m1/s1. The Kier molecular flexibility index (Phi) is 33.0. The number of ether oxygens (including phenoxy) is 2. The largest absolute Gasteiger partial charge is 0.463 e. The quantitative estimate of drug-likeness (QED) is 0.0318. The Hall–Kier alpha value is -1.92. The van der Waals surface area contributed by atoms with Gasteiger partial charge in [0, 0.05) is 12.8 Å². The number of esters is 2. The van der Waals surface area contributed by atoms with Gasteiger partial charge in [0.05, 0.1) is 6.10 Å². The molecule has 0 saturated heterocycles. The number of aliphatic hydroxyl groups is 2. The van der Waals surface area contributed by atoms with Crippen molar-refractivity contribution in [3.05, 3.63) is 36.5 Å². The molecule has 0 amide bonds. The van der Waals surface area contributed by atoms with Gasteiger partial charge in [0.2, 0.25) is 0 Å². The summed E-state index contributed by atoms with van der Waals surface area (Å²) in [7, 11) is 0. The van der Waals surface area contributed by atoms with Gasteiger partial charge in [-0.25, -0.2) is 0 Å². The normalized spacial score (nSPS) is 13.3. The fourth-order valence-corrected chi connectivity index (χ4v) is 5.25. The summed E-state index contributed by atoms with van der Waals surface area (Å²) in [5, 5.41) is 19.8. The molecule has 0 spiro atoms. The molecule has 46 heavy (non-hydrogen) atoms. The van der Waals surface area contributed by atoms with E-state index in [-0.39, 0.29) is 25.2 Å². The second-order valence-electron chi connectivity index (χ2n) is 13.4. The second kappa shape index (κ2) is 34.4. The average molecular weight is 649 g/mol. The fourth-order valence-electron chi connectivity index (χ4n) is 5.25. The summed E-state index contributed by atoms with van der Waals surface area (Å²) in [6, 6.07) is 0. The highest BCUT2D eigenvalue weighted by molar-refractivity contribution is 5.69. The minimum absolute atomic E-state index is 0.134. The van der Waals surface area contributed by atoms with Crippen LogP contribution in [0.3, 0.4) is 0 Å². The summed E-state index contributed by atoms with van der Waals surface area (Å²) < 4.78 is 10.3. The van der Waals surface area contributed by atoms with E-state index in [1.165, 1.54) is 70.6 Å². The third kappa shape index (κ3) is 34.9. The summed E-state index contributed by atoms with van der Waals surface area (Å²) in [5.74, 6) is 0.227. The Balaban J connectivity index is 3.50. The molecule has 0 heterocycles. The van der Waals surface area contributed by atoms with E-state index in [4.69, 9.17) is 9.47 Å². The third-order valence-electron chi connectivity index (χ3n) is 8.15. The molecular weight excluding hydrogens is 576 g/mol. The highest BCUT2D eigenvalue weighted by Crippen LogP contribution is 2.15. The second-order valence-corrected chi connectivity index (χ2v) is 13.4.